The third kappa shape index (κ3) is 3.78. The predicted molar refractivity (Wildman–Crippen MR) is 105 cm³/mol. The van der Waals surface area contributed by atoms with Crippen molar-refractivity contribution in [2.75, 3.05) is 0 Å². The molecule has 0 fully saturated rings. The highest BCUT2D eigenvalue weighted by Crippen LogP contribution is 2.24. The monoisotopic (exact) mass is 455 g/mol. The second-order valence-corrected chi connectivity index (χ2v) is 6.86. The molecule has 2 aromatic carbocycles. The molecule has 0 amide bonds. The fourth-order valence-corrected chi connectivity index (χ4v) is 3.44. The van der Waals surface area contributed by atoms with Gasteiger partial charge in [0.1, 0.15) is 11.8 Å². The molecule has 0 N–H and O–H groups in total. The molecule has 0 aliphatic heterocycles. The minimum absolute atomic E-state index is 0.471. The maximum Gasteiger partial charge on any atom is 0.188 e. The molecule has 0 aliphatic rings. The van der Waals surface area contributed by atoms with E-state index in [4.69, 9.17) is 5.26 Å². The Morgan fingerprint density at radius 2 is 1.64 bits per heavy atom. The van der Waals surface area contributed by atoms with Gasteiger partial charge in [0.05, 0.1) is 0 Å². The third-order valence-electron chi connectivity index (χ3n) is 3.60. The van der Waals surface area contributed by atoms with Gasteiger partial charge in [-0.05, 0) is 24.3 Å². The van der Waals surface area contributed by atoms with Crippen LogP contribution in [0.1, 0.15) is 5.69 Å². The lowest BCUT2D eigenvalue weighted by molar-refractivity contribution is -0.603. The first-order chi connectivity index (χ1) is 12.1. The molecule has 0 saturated carbocycles. The van der Waals surface area contributed by atoms with E-state index in [0.717, 1.165) is 35.2 Å². The highest BCUT2D eigenvalue weighted by molar-refractivity contribution is 9.11. The van der Waals surface area contributed by atoms with Gasteiger partial charge in [-0.2, -0.15) is 9.99 Å². The summed E-state index contributed by atoms with van der Waals surface area (Å²) in [6, 6.07) is 17.3. The molecule has 2 heterocycles. The zero-order chi connectivity index (χ0) is 17.8. The summed E-state index contributed by atoms with van der Waals surface area (Å²) in [5.41, 5.74) is 0.471. The molecular weight excluding hydrogens is 446 g/mol. The number of rotatable bonds is 0. The summed E-state index contributed by atoms with van der Waals surface area (Å²) in [4.78, 5) is 3.98. The van der Waals surface area contributed by atoms with Gasteiger partial charge >= 0.3 is 0 Å². The minimum atomic E-state index is 0.471. The van der Waals surface area contributed by atoms with E-state index in [1.54, 1.807) is 18.5 Å². The topological polar surface area (TPSA) is 63.6 Å². The second-order valence-electron chi connectivity index (χ2n) is 5.15. The van der Waals surface area contributed by atoms with Crippen LogP contribution in [-0.4, -0.2) is 4.98 Å². The summed E-state index contributed by atoms with van der Waals surface area (Å²) in [5.74, 6) is 0. The molecule has 122 valence electrons. The number of aromatic nitrogens is 2. The molecule has 4 rings (SSSR count). The Balaban J connectivity index is 0.000000146. The summed E-state index contributed by atoms with van der Waals surface area (Å²) in [7, 11) is 0. The highest BCUT2D eigenvalue weighted by Gasteiger charge is 2.02. The molecule has 0 radical (unpaired) electrons. The van der Waals surface area contributed by atoms with Gasteiger partial charge < -0.3 is 5.21 Å². The Morgan fingerprint density at radius 1 is 0.920 bits per heavy atom. The number of fused-ring (bicyclic) bond motifs is 2. The second kappa shape index (κ2) is 7.60. The lowest BCUT2D eigenvalue weighted by Gasteiger charge is -1.99. The molecule has 4 nitrogen and oxygen atoms in total. The highest BCUT2D eigenvalue weighted by atomic mass is 79.9. The van der Waals surface area contributed by atoms with Crippen LogP contribution in [0, 0.1) is 16.5 Å². The fourth-order valence-electron chi connectivity index (χ4n) is 2.43. The van der Waals surface area contributed by atoms with Crippen molar-refractivity contribution in [3.05, 3.63) is 87.0 Å². The third-order valence-corrected chi connectivity index (χ3v) is 4.98. The summed E-state index contributed by atoms with van der Waals surface area (Å²) >= 11 is 6.83. The predicted octanol–water partition coefficient (Wildman–Crippen LogP) is 5.10. The van der Waals surface area contributed by atoms with Gasteiger partial charge in [0.2, 0.25) is 0 Å². The van der Waals surface area contributed by atoms with Gasteiger partial charge in [0.25, 0.3) is 0 Å². The van der Waals surface area contributed by atoms with E-state index < -0.39 is 0 Å². The number of halogens is 2. The van der Waals surface area contributed by atoms with Gasteiger partial charge in [0.15, 0.2) is 12.4 Å². The standard InChI is InChI=1S/C10H5BrN2.C9H6BrNO/c11-9-3-1-2-8-7(9)4-5-13-10(8)6-12;10-9-3-1-2-7-6-11(12)5-4-8(7)9/h1-5H;1-6H. The van der Waals surface area contributed by atoms with Crippen molar-refractivity contribution in [1.29, 1.82) is 5.26 Å². The Kier molecular flexibility index (Phi) is 5.27. The number of benzene rings is 2. The molecule has 25 heavy (non-hydrogen) atoms. The first-order valence-electron chi connectivity index (χ1n) is 7.30. The van der Waals surface area contributed by atoms with Crippen LogP contribution in [0.15, 0.2) is 76.1 Å². The quantitative estimate of drug-likeness (QED) is 0.273. The van der Waals surface area contributed by atoms with Crippen molar-refractivity contribution in [3.8, 4) is 6.07 Å². The maximum absolute atomic E-state index is 10.9. The minimum Gasteiger partial charge on any atom is -0.619 e. The largest absolute Gasteiger partial charge is 0.619 e. The lowest BCUT2D eigenvalue weighted by Crippen LogP contribution is -2.23. The van der Waals surface area contributed by atoms with Crippen molar-refractivity contribution < 1.29 is 4.73 Å². The normalized spacial score (nSPS) is 10.1. The van der Waals surface area contributed by atoms with E-state index in [1.165, 1.54) is 6.20 Å². The molecule has 0 bridgehead atoms. The summed E-state index contributed by atoms with van der Waals surface area (Å²) in [5, 5.41) is 23.6. The average molecular weight is 457 g/mol. The molecule has 6 heteroatoms. The molecule has 0 aliphatic carbocycles. The van der Waals surface area contributed by atoms with Gasteiger partial charge in [-0.15, -0.1) is 0 Å². The van der Waals surface area contributed by atoms with Crippen LogP contribution in [0.5, 0.6) is 0 Å². The van der Waals surface area contributed by atoms with Crippen LogP contribution in [0.3, 0.4) is 0 Å². The number of hydrogen-bond donors (Lipinski definition) is 0. The molecule has 2 aromatic heterocycles. The van der Waals surface area contributed by atoms with Crippen molar-refractivity contribution in [3.63, 3.8) is 0 Å². The Morgan fingerprint density at radius 3 is 2.40 bits per heavy atom. The van der Waals surface area contributed by atoms with Gasteiger partial charge in [-0.3, -0.25) is 0 Å². The van der Waals surface area contributed by atoms with Crippen molar-refractivity contribution >= 4 is 53.4 Å². The van der Waals surface area contributed by atoms with E-state index >= 15 is 0 Å². The van der Waals surface area contributed by atoms with Crippen LogP contribution in [0.2, 0.25) is 0 Å². The van der Waals surface area contributed by atoms with Crippen molar-refractivity contribution in [1.82, 2.24) is 4.98 Å². The SMILES string of the molecule is N#Cc1nccc2c(Br)cccc12.[O-][n+]1ccc2c(Br)cccc2c1. The molecule has 0 saturated heterocycles. The average Bonchev–Trinajstić information content (AvgIpc) is 2.62. The van der Waals surface area contributed by atoms with E-state index in [2.05, 4.69) is 42.9 Å². The Hall–Kier alpha value is -2.49. The number of nitrogens with zero attached hydrogens (tertiary/aromatic N) is 3. The van der Waals surface area contributed by atoms with E-state index in [1.807, 2.05) is 42.5 Å². The maximum atomic E-state index is 10.9. The Bertz CT molecular complexity index is 1110. The summed E-state index contributed by atoms with van der Waals surface area (Å²) in [6.45, 7) is 0. The summed E-state index contributed by atoms with van der Waals surface area (Å²) < 4.78 is 2.80. The van der Waals surface area contributed by atoms with Gasteiger partial charge in [-0.25, -0.2) is 4.98 Å². The lowest BCUT2D eigenvalue weighted by atomic mass is 10.1. The van der Waals surface area contributed by atoms with Crippen molar-refractivity contribution in [2.45, 2.75) is 0 Å². The van der Waals surface area contributed by atoms with E-state index in [9.17, 15) is 5.21 Å². The van der Waals surface area contributed by atoms with Gasteiger partial charge in [0, 0.05) is 42.8 Å². The zero-order valence-corrected chi connectivity index (χ0v) is 16.0. The first kappa shape index (κ1) is 17.3. The molecule has 4 aromatic rings. The molecule has 0 spiro atoms. The van der Waals surface area contributed by atoms with E-state index in [0.29, 0.717) is 5.69 Å². The number of pyridine rings is 2. The zero-order valence-electron chi connectivity index (χ0n) is 12.9. The molecular formula is C19H11Br2N3O. The van der Waals surface area contributed by atoms with Crippen LogP contribution >= 0.6 is 31.9 Å². The van der Waals surface area contributed by atoms with Crippen LogP contribution in [0.4, 0.5) is 0 Å². The van der Waals surface area contributed by atoms with Crippen LogP contribution in [-0.2, 0) is 0 Å². The number of hydrogen-bond acceptors (Lipinski definition) is 3. The fraction of sp³-hybridized carbons (Fsp3) is 0. The Labute approximate surface area is 161 Å². The number of nitriles is 1. The smallest absolute Gasteiger partial charge is 0.188 e. The summed E-state index contributed by atoms with van der Waals surface area (Å²) in [6.07, 6.45) is 4.69. The van der Waals surface area contributed by atoms with Crippen LogP contribution in [0.25, 0.3) is 21.5 Å². The van der Waals surface area contributed by atoms with Crippen LogP contribution < -0.4 is 4.73 Å². The van der Waals surface area contributed by atoms with Crippen molar-refractivity contribution in [2.24, 2.45) is 0 Å². The van der Waals surface area contributed by atoms with E-state index in [-0.39, 0.29) is 0 Å². The van der Waals surface area contributed by atoms with Gasteiger partial charge in [-0.1, -0.05) is 50.1 Å². The first-order valence-corrected chi connectivity index (χ1v) is 8.89. The molecule has 0 atom stereocenters. The molecule has 0 unspecified atom stereocenters.